The minimum atomic E-state index is 0.398. The third kappa shape index (κ3) is 2.83. The van der Waals surface area contributed by atoms with E-state index in [1.807, 2.05) is 6.92 Å². The molecule has 1 atom stereocenters. The Bertz CT molecular complexity index is 617. The van der Waals surface area contributed by atoms with E-state index in [0.29, 0.717) is 11.8 Å². The molecule has 0 bridgehead atoms. The van der Waals surface area contributed by atoms with Gasteiger partial charge in [-0.1, -0.05) is 0 Å². The summed E-state index contributed by atoms with van der Waals surface area (Å²) in [4.78, 5) is 6.83. The van der Waals surface area contributed by atoms with Gasteiger partial charge in [0.1, 0.15) is 5.82 Å². The quantitative estimate of drug-likeness (QED) is 0.922. The first-order chi connectivity index (χ1) is 10.3. The minimum Gasteiger partial charge on any atom is -0.424 e. The molecule has 3 heterocycles. The minimum absolute atomic E-state index is 0.398. The standard InChI is InChI=1S/C14H20N6O/c1-9-15-13(18-16-9)11-3-2-6-20(7-11)8-12-17-19-14(21-12)10-4-5-10/h10-11H,2-8H2,1H3,(H,15,16,18)/t11-/m0/s1. The molecular weight excluding hydrogens is 268 g/mol. The smallest absolute Gasteiger partial charge is 0.230 e. The first-order valence-electron chi connectivity index (χ1n) is 7.71. The van der Waals surface area contributed by atoms with Crippen molar-refractivity contribution in [2.24, 2.45) is 0 Å². The van der Waals surface area contributed by atoms with Gasteiger partial charge in [0.2, 0.25) is 11.8 Å². The van der Waals surface area contributed by atoms with Gasteiger partial charge in [0.15, 0.2) is 5.82 Å². The van der Waals surface area contributed by atoms with E-state index in [-0.39, 0.29) is 0 Å². The Morgan fingerprint density at radius 2 is 2.14 bits per heavy atom. The van der Waals surface area contributed by atoms with Crippen LogP contribution < -0.4 is 0 Å². The molecule has 2 aliphatic rings. The van der Waals surface area contributed by atoms with E-state index in [0.717, 1.165) is 55.9 Å². The van der Waals surface area contributed by atoms with Crippen molar-refractivity contribution >= 4 is 0 Å². The fourth-order valence-corrected chi connectivity index (χ4v) is 2.97. The normalized spacial score (nSPS) is 23.6. The van der Waals surface area contributed by atoms with Crippen molar-refractivity contribution in [2.45, 2.75) is 51.0 Å². The first kappa shape index (κ1) is 12.9. The Morgan fingerprint density at radius 3 is 2.90 bits per heavy atom. The summed E-state index contributed by atoms with van der Waals surface area (Å²) in [6, 6.07) is 0. The summed E-state index contributed by atoms with van der Waals surface area (Å²) in [5, 5.41) is 15.6. The molecule has 1 aliphatic carbocycles. The molecule has 1 saturated heterocycles. The fraction of sp³-hybridized carbons (Fsp3) is 0.714. The van der Waals surface area contributed by atoms with Gasteiger partial charge >= 0.3 is 0 Å². The highest BCUT2D eigenvalue weighted by atomic mass is 16.4. The Hall–Kier alpha value is -1.76. The van der Waals surface area contributed by atoms with Crippen LogP contribution in [0.3, 0.4) is 0 Å². The summed E-state index contributed by atoms with van der Waals surface area (Å²) in [7, 11) is 0. The molecule has 7 heteroatoms. The van der Waals surface area contributed by atoms with Crippen LogP contribution in [0.25, 0.3) is 0 Å². The van der Waals surface area contributed by atoms with Crippen molar-refractivity contribution in [3.8, 4) is 0 Å². The van der Waals surface area contributed by atoms with Crippen molar-refractivity contribution in [2.75, 3.05) is 13.1 Å². The molecule has 0 unspecified atom stereocenters. The van der Waals surface area contributed by atoms with Gasteiger partial charge in [-0.3, -0.25) is 10.00 Å². The highest BCUT2D eigenvalue weighted by Crippen LogP contribution is 2.39. The zero-order valence-electron chi connectivity index (χ0n) is 12.2. The Balaban J connectivity index is 1.40. The predicted octanol–water partition coefficient (Wildman–Crippen LogP) is 1.75. The number of aromatic nitrogens is 5. The lowest BCUT2D eigenvalue weighted by atomic mass is 9.97. The van der Waals surface area contributed by atoms with Crippen LogP contribution in [0.5, 0.6) is 0 Å². The molecule has 0 aromatic carbocycles. The molecule has 1 saturated carbocycles. The van der Waals surface area contributed by atoms with Crippen LogP contribution in [0.15, 0.2) is 4.42 Å². The lowest BCUT2D eigenvalue weighted by Crippen LogP contribution is -2.34. The van der Waals surface area contributed by atoms with Gasteiger partial charge in [-0.25, -0.2) is 4.98 Å². The number of likely N-dealkylation sites (tertiary alicyclic amines) is 1. The van der Waals surface area contributed by atoms with E-state index in [2.05, 4.69) is 30.3 Å². The molecule has 2 aromatic rings. The second kappa shape index (κ2) is 5.22. The highest BCUT2D eigenvalue weighted by molar-refractivity contribution is 5.02. The first-order valence-corrected chi connectivity index (χ1v) is 7.71. The number of hydrogen-bond donors (Lipinski definition) is 1. The fourth-order valence-electron chi connectivity index (χ4n) is 2.97. The Morgan fingerprint density at radius 1 is 1.24 bits per heavy atom. The largest absolute Gasteiger partial charge is 0.424 e. The summed E-state index contributed by atoms with van der Waals surface area (Å²) in [6.07, 6.45) is 4.68. The topological polar surface area (TPSA) is 83.7 Å². The molecule has 2 aromatic heterocycles. The van der Waals surface area contributed by atoms with Gasteiger partial charge in [-0.2, -0.15) is 5.10 Å². The van der Waals surface area contributed by atoms with Gasteiger partial charge < -0.3 is 4.42 Å². The van der Waals surface area contributed by atoms with Gasteiger partial charge in [0.25, 0.3) is 0 Å². The second-order valence-corrected chi connectivity index (χ2v) is 6.16. The van der Waals surface area contributed by atoms with E-state index >= 15 is 0 Å². The molecule has 112 valence electrons. The van der Waals surface area contributed by atoms with E-state index in [9.17, 15) is 0 Å². The third-order valence-corrected chi connectivity index (χ3v) is 4.25. The number of hydrogen-bond acceptors (Lipinski definition) is 6. The monoisotopic (exact) mass is 288 g/mol. The van der Waals surface area contributed by atoms with Gasteiger partial charge in [0.05, 0.1) is 6.54 Å². The number of aromatic amines is 1. The maximum atomic E-state index is 5.75. The molecule has 0 radical (unpaired) electrons. The van der Waals surface area contributed by atoms with Crippen LogP contribution in [0.1, 0.15) is 60.9 Å². The average Bonchev–Trinajstić information content (AvgIpc) is 3.09. The molecule has 0 spiro atoms. The van der Waals surface area contributed by atoms with Gasteiger partial charge in [-0.15, -0.1) is 10.2 Å². The molecule has 21 heavy (non-hydrogen) atoms. The number of nitrogens with one attached hydrogen (secondary N) is 1. The summed E-state index contributed by atoms with van der Waals surface area (Å²) in [5.74, 6) is 4.30. The number of rotatable bonds is 4. The van der Waals surface area contributed by atoms with Crippen LogP contribution in [0.4, 0.5) is 0 Å². The number of piperidine rings is 1. The summed E-state index contributed by atoms with van der Waals surface area (Å²) < 4.78 is 5.75. The Kier molecular flexibility index (Phi) is 3.21. The molecule has 7 nitrogen and oxygen atoms in total. The SMILES string of the molecule is Cc1nc([C@H]2CCCN(Cc3nnc(C4CC4)o3)C2)n[nH]1. The van der Waals surface area contributed by atoms with Crippen LogP contribution in [0.2, 0.25) is 0 Å². The van der Waals surface area contributed by atoms with E-state index in [1.54, 1.807) is 0 Å². The zero-order valence-corrected chi connectivity index (χ0v) is 12.2. The highest BCUT2D eigenvalue weighted by Gasteiger charge is 2.30. The molecule has 4 rings (SSSR count). The van der Waals surface area contributed by atoms with Gasteiger partial charge in [-0.05, 0) is 39.2 Å². The molecule has 0 amide bonds. The van der Waals surface area contributed by atoms with Crippen molar-refractivity contribution in [3.05, 3.63) is 23.4 Å². The third-order valence-electron chi connectivity index (χ3n) is 4.25. The number of H-pyrrole nitrogens is 1. The molecule has 2 fully saturated rings. The lowest BCUT2D eigenvalue weighted by molar-refractivity contribution is 0.179. The number of nitrogens with zero attached hydrogens (tertiary/aromatic N) is 5. The van der Waals surface area contributed by atoms with Crippen LogP contribution in [0, 0.1) is 6.92 Å². The van der Waals surface area contributed by atoms with E-state index in [1.165, 1.54) is 12.8 Å². The maximum Gasteiger partial charge on any atom is 0.230 e. The summed E-state index contributed by atoms with van der Waals surface area (Å²) in [6.45, 7) is 4.70. The van der Waals surface area contributed by atoms with Crippen LogP contribution in [-0.4, -0.2) is 43.4 Å². The van der Waals surface area contributed by atoms with Gasteiger partial charge in [0, 0.05) is 18.4 Å². The van der Waals surface area contributed by atoms with Crippen molar-refractivity contribution < 1.29 is 4.42 Å². The summed E-state index contributed by atoms with van der Waals surface area (Å²) in [5.41, 5.74) is 0. The van der Waals surface area contributed by atoms with Crippen LogP contribution >= 0.6 is 0 Å². The Labute approximate surface area is 123 Å². The molecule has 1 aliphatic heterocycles. The van der Waals surface area contributed by atoms with Crippen molar-refractivity contribution in [3.63, 3.8) is 0 Å². The van der Waals surface area contributed by atoms with Crippen molar-refractivity contribution in [1.29, 1.82) is 0 Å². The second-order valence-electron chi connectivity index (χ2n) is 6.16. The summed E-state index contributed by atoms with van der Waals surface area (Å²) >= 11 is 0. The molecular formula is C14H20N6O. The maximum absolute atomic E-state index is 5.75. The average molecular weight is 288 g/mol. The number of aryl methyl sites for hydroxylation is 1. The molecule has 1 N–H and O–H groups in total. The van der Waals surface area contributed by atoms with E-state index in [4.69, 9.17) is 4.42 Å². The zero-order chi connectivity index (χ0) is 14.2. The predicted molar refractivity (Wildman–Crippen MR) is 74.6 cm³/mol. The van der Waals surface area contributed by atoms with E-state index < -0.39 is 0 Å². The van der Waals surface area contributed by atoms with Crippen molar-refractivity contribution in [1.82, 2.24) is 30.3 Å². The lowest BCUT2D eigenvalue weighted by Gasteiger charge is -2.30. The van der Waals surface area contributed by atoms with Crippen LogP contribution in [-0.2, 0) is 6.54 Å².